The first-order valence-corrected chi connectivity index (χ1v) is 8.89. The summed E-state index contributed by atoms with van der Waals surface area (Å²) in [6, 6.07) is 20.6. The number of nitrogens with zero attached hydrogens (tertiary/aromatic N) is 2. The molecular formula is C21H27N3O. The minimum absolute atomic E-state index is 0.0647. The summed E-state index contributed by atoms with van der Waals surface area (Å²) in [7, 11) is 1.88. The average molecular weight is 337 g/mol. The molecule has 0 spiro atoms. The molecule has 1 heterocycles. The molecule has 0 bridgehead atoms. The Morgan fingerprint density at radius 2 is 1.72 bits per heavy atom. The van der Waals surface area contributed by atoms with Crippen LogP contribution in [0.25, 0.3) is 0 Å². The predicted octanol–water partition coefficient (Wildman–Crippen LogP) is 2.63. The highest BCUT2D eigenvalue weighted by Gasteiger charge is 2.32. The maximum Gasteiger partial charge on any atom is 0.236 e. The van der Waals surface area contributed by atoms with Crippen LogP contribution >= 0.6 is 0 Å². The Kier molecular flexibility index (Phi) is 5.51. The molecule has 1 aliphatic heterocycles. The zero-order valence-electron chi connectivity index (χ0n) is 15.0. The van der Waals surface area contributed by atoms with Crippen LogP contribution in [0.3, 0.4) is 0 Å². The molecule has 25 heavy (non-hydrogen) atoms. The Hall–Kier alpha value is -2.17. The van der Waals surface area contributed by atoms with Gasteiger partial charge in [0, 0.05) is 32.1 Å². The number of hydrogen-bond donors (Lipinski definition) is 1. The lowest BCUT2D eigenvalue weighted by atomic mass is 9.95. The Morgan fingerprint density at radius 3 is 2.36 bits per heavy atom. The van der Waals surface area contributed by atoms with Crippen LogP contribution in [0.4, 0.5) is 0 Å². The summed E-state index contributed by atoms with van der Waals surface area (Å²) in [4.78, 5) is 16.7. The highest BCUT2D eigenvalue weighted by Crippen LogP contribution is 2.26. The lowest BCUT2D eigenvalue weighted by Crippen LogP contribution is -2.39. The number of amides is 1. The van der Waals surface area contributed by atoms with Crippen molar-refractivity contribution >= 4 is 5.91 Å². The van der Waals surface area contributed by atoms with E-state index >= 15 is 0 Å². The minimum Gasteiger partial charge on any atom is -0.338 e. The van der Waals surface area contributed by atoms with Crippen molar-refractivity contribution in [1.82, 2.24) is 9.80 Å². The number of carbonyl (C=O) groups is 1. The van der Waals surface area contributed by atoms with E-state index in [0.717, 1.165) is 18.7 Å². The van der Waals surface area contributed by atoms with Crippen LogP contribution in [0.1, 0.15) is 30.0 Å². The maximum atomic E-state index is 12.7. The van der Waals surface area contributed by atoms with Gasteiger partial charge in [-0.1, -0.05) is 60.7 Å². The number of hydrogen-bond acceptors (Lipinski definition) is 3. The van der Waals surface area contributed by atoms with Gasteiger partial charge in [-0.2, -0.15) is 0 Å². The third kappa shape index (κ3) is 4.09. The Morgan fingerprint density at radius 1 is 1.12 bits per heavy atom. The van der Waals surface area contributed by atoms with E-state index < -0.39 is 0 Å². The van der Waals surface area contributed by atoms with Crippen LogP contribution in [0.2, 0.25) is 0 Å². The molecule has 1 unspecified atom stereocenters. The normalized spacial score (nSPS) is 21.9. The summed E-state index contributed by atoms with van der Waals surface area (Å²) < 4.78 is 0. The molecular weight excluding hydrogens is 310 g/mol. The highest BCUT2D eigenvalue weighted by molar-refractivity contribution is 5.78. The van der Waals surface area contributed by atoms with Crippen molar-refractivity contribution in [2.24, 2.45) is 5.73 Å². The standard InChI is InChI=1S/C21H27N3O/c1-16(17-9-5-3-6-10-17)23(2)21(25)15-24-13-19(20(22)14-24)18-11-7-4-8-12-18/h3-12,16,19-20H,13-15,22H2,1-2H3/t16?,19-,20+/m0/s1. The minimum atomic E-state index is 0.0647. The average Bonchev–Trinajstić information content (AvgIpc) is 3.02. The molecule has 2 N–H and O–H groups in total. The van der Waals surface area contributed by atoms with Gasteiger partial charge >= 0.3 is 0 Å². The first-order valence-electron chi connectivity index (χ1n) is 8.89. The van der Waals surface area contributed by atoms with Gasteiger partial charge in [-0.15, -0.1) is 0 Å². The molecule has 132 valence electrons. The lowest BCUT2D eigenvalue weighted by Gasteiger charge is -2.27. The topological polar surface area (TPSA) is 49.6 Å². The molecule has 1 fully saturated rings. The van der Waals surface area contributed by atoms with E-state index in [1.54, 1.807) is 0 Å². The maximum absolute atomic E-state index is 12.7. The van der Waals surface area contributed by atoms with E-state index in [-0.39, 0.29) is 18.0 Å². The first-order chi connectivity index (χ1) is 12.1. The van der Waals surface area contributed by atoms with Gasteiger partial charge in [-0.25, -0.2) is 0 Å². The number of likely N-dealkylation sites (tertiary alicyclic amines) is 1. The molecule has 4 nitrogen and oxygen atoms in total. The van der Waals surface area contributed by atoms with Crippen LogP contribution in [-0.4, -0.2) is 48.4 Å². The van der Waals surface area contributed by atoms with Gasteiger partial charge in [0.25, 0.3) is 0 Å². The van der Waals surface area contributed by atoms with E-state index in [4.69, 9.17) is 5.73 Å². The summed E-state index contributed by atoms with van der Waals surface area (Å²) in [5.74, 6) is 0.433. The molecule has 3 rings (SSSR count). The molecule has 0 aliphatic carbocycles. The van der Waals surface area contributed by atoms with Gasteiger partial charge in [0.05, 0.1) is 12.6 Å². The van der Waals surface area contributed by atoms with Gasteiger partial charge in [-0.3, -0.25) is 9.69 Å². The Bertz CT molecular complexity index is 689. The molecule has 0 radical (unpaired) electrons. The van der Waals surface area contributed by atoms with E-state index in [0.29, 0.717) is 12.5 Å². The van der Waals surface area contributed by atoms with Gasteiger partial charge in [-0.05, 0) is 18.1 Å². The van der Waals surface area contributed by atoms with Gasteiger partial charge in [0.2, 0.25) is 5.91 Å². The molecule has 2 aromatic rings. The number of carbonyl (C=O) groups excluding carboxylic acids is 1. The molecule has 1 saturated heterocycles. The van der Waals surface area contributed by atoms with Gasteiger partial charge < -0.3 is 10.6 Å². The Labute approximate surface area is 150 Å². The third-order valence-electron chi connectivity index (χ3n) is 5.28. The second kappa shape index (κ2) is 7.81. The van der Waals surface area contributed by atoms with Crippen LogP contribution in [0.5, 0.6) is 0 Å². The van der Waals surface area contributed by atoms with E-state index in [2.05, 4.69) is 36.1 Å². The molecule has 2 aromatic carbocycles. The van der Waals surface area contributed by atoms with Crippen LogP contribution in [0.15, 0.2) is 60.7 Å². The van der Waals surface area contributed by atoms with Crippen molar-refractivity contribution in [2.45, 2.75) is 24.9 Å². The fraction of sp³-hybridized carbons (Fsp3) is 0.381. The molecule has 0 saturated carbocycles. The largest absolute Gasteiger partial charge is 0.338 e. The monoisotopic (exact) mass is 337 g/mol. The summed E-state index contributed by atoms with van der Waals surface area (Å²) in [6.07, 6.45) is 0. The van der Waals surface area contributed by atoms with Gasteiger partial charge in [0.1, 0.15) is 0 Å². The Balaban J connectivity index is 1.60. The van der Waals surface area contributed by atoms with E-state index in [1.807, 2.05) is 48.3 Å². The predicted molar refractivity (Wildman–Crippen MR) is 101 cm³/mol. The van der Waals surface area contributed by atoms with Crippen molar-refractivity contribution in [1.29, 1.82) is 0 Å². The van der Waals surface area contributed by atoms with Crippen molar-refractivity contribution in [3.8, 4) is 0 Å². The zero-order chi connectivity index (χ0) is 17.8. The van der Waals surface area contributed by atoms with Crippen LogP contribution < -0.4 is 5.73 Å². The fourth-order valence-electron chi connectivity index (χ4n) is 3.57. The smallest absolute Gasteiger partial charge is 0.236 e. The van der Waals surface area contributed by atoms with Gasteiger partial charge in [0.15, 0.2) is 0 Å². The second-order valence-corrected chi connectivity index (χ2v) is 6.97. The summed E-state index contributed by atoms with van der Waals surface area (Å²) >= 11 is 0. The fourth-order valence-corrected chi connectivity index (χ4v) is 3.57. The van der Waals surface area contributed by atoms with Crippen molar-refractivity contribution in [3.63, 3.8) is 0 Å². The highest BCUT2D eigenvalue weighted by atomic mass is 16.2. The SMILES string of the molecule is CC(c1ccccc1)N(C)C(=O)CN1C[C@@H](N)[C@H](c2ccccc2)C1. The van der Waals surface area contributed by atoms with E-state index in [9.17, 15) is 4.79 Å². The number of nitrogens with two attached hydrogens (primary N) is 1. The van der Waals surface area contributed by atoms with Crippen molar-refractivity contribution < 1.29 is 4.79 Å². The first kappa shape index (κ1) is 17.6. The van der Waals surface area contributed by atoms with Crippen molar-refractivity contribution in [2.75, 3.05) is 26.7 Å². The molecule has 4 heteroatoms. The zero-order valence-corrected chi connectivity index (χ0v) is 15.0. The van der Waals surface area contributed by atoms with Crippen LogP contribution in [-0.2, 0) is 4.79 Å². The number of benzene rings is 2. The number of rotatable bonds is 5. The second-order valence-electron chi connectivity index (χ2n) is 6.97. The van der Waals surface area contributed by atoms with Crippen molar-refractivity contribution in [3.05, 3.63) is 71.8 Å². The summed E-state index contributed by atoms with van der Waals surface area (Å²) in [6.45, 7) is 4.09. The quantitative estimate of drug-likeness (QED) is 0.912. The molecule has 1 aliphatic rings. The summed E-state index contributed by atoms with van der Waals surface area (Å²) in [5, 5.41) is 0. The molecule has 0 aromatic heterocycles. The summed E-state index contributed by atoms with van der Waals surface area (Å²) in [5.41, 5.74) is 8.75. The lowest BCUT2D eigenvalue weighted by molar-refractivity contribution is -0.132. The van der Waals surface area contributed by atoms with E-state index in [1.165, 1.54) is 5.56 Å². The number of likely N-dealkylation sites (N-methyl/N-ethyl adjacent to an activating group) is 1. The molecule has 3 atom stereocenters. The van der Waals surface area contributed by atoms with Crippen LogP contribution in [0, 0.1) is 0 Å². The molecule has 1 amide bonds. The third-order valence-corrected chi connectivity index (χ3v) is 5.28.